The largest absolute Gasteiger partial charge is 0.492 e. The fourth-order valence-electron chi connectivity index (χ4n) is 3.97. The highest BCUT2D eigenvalue weighted by atomic mass is 16.5. The predicted octanol–water partition coefficient (Wildman–Crippen LogP) is 6.08. The summed E-state index contributed by atoms with van der Waals surface area (Å²) in [5, 5.41) is 3.70. The third kappa shape index (κ3) is 3.20. The lowest BCUT2D eigenvalue weighted by atomic mass is 9.89. The molecule has 0 spiro atoms. The van der Waals surface area contributed by atoms with E-state index in [0.717, 1.165) is 45.2 Å². The van der Waals surface area contributed by atoms with Crippen LogP contribution in [-0.4, -0.2) is 25.8 Å². The Balaban J connectivity index is 2.27. The van der Waals surface area contributed by atoms with E-state index in [2.05, 4.69) is 0 Å². The highest BCUT2D eigenvalue weighted by Crippen LogP contribution is 2.47. The number of carbonyl (C=O) groups excluding carboxylic acids is 2. The summed E-state index contributed by atoms with van der Waals surface area (Å²) in [5.74, 6) is 1.00. The van der Waals surface area contributed by atoms with E-state index in [-0.39, 0.29) is 0 Å². The first-order valence-corrected chi connectivity index (χ1v) is 10.0. The number of hydrogen-bond donors (Lipinski definition) is 0. The highest BCUT2D eigenvalue weighted by Gasteiger charge is 2.23. The van der Waals surface area contributed by atoms with Crippen LogP contribution in [0.5, 0.6) is 11.5 Å². The van der Waals surface area contributed by atoms with Crippen molar-refractivity contribution in [3.8, 4) is 22.6 Å². The average molecular weight is 398 g/mol. The van der Waals surface area contributed by atoms with Crippen molar-refractivity contribution in [1.82, 2.24) is 0 Å². The first-order valence-electron chi connectivity index (χ1n) is 10.0. The van der Waals surface area contributed by atoms with Gasteiger partial charge in [-0.05, 0) is 47.5 Å². The van der Waals surface area contributed by atoms with Gasteiger partial charge in [0.2, 0.25) is 0 Å². The van der Waals surface area contributed by atoms with Gasteiger partial charge in [0.25, 0.3) is 0 Å². The number of benzene rings is 4. The van der Waals surface area contributed by atoms with E-state index in [4.69, 9.17) is 9.47 Å². The van der Waals surface area contributed by atoms with Crippen molar-refractivity contribution in [3.05, 3.63) is 71.8 Å². The first-order chi connectivity index (χ1) is 14.7. The van der Waals surface area contributed by atoms with Crippen LogP contribution in [0.4, 0.5) is 0 Å². The molecule has 0 saturated heterocycles. The topological polar surface area (TPSA) is 52.6 Å². The van der Waals surface area contributed by atoms with Crippen LogP contribution in [0.25, 0.3) is 32.7 Å². The zero-order chi connectivity index (χ0) is 21.1. The molecule has 0 saturated carbocycles. The van der Waals surface area contributed by atoms with E-state index in [0.29, 0.717) is 35.8 Å². The van der Waals surface area contributed by atoms with E-state index < -0.39 is 0 Å². The fraction of sp³-hybridized carbons (Fsp3) is 0.154. The molecule has 0 aliphatic rings. The molecule has 30 heavy (non-hydrogen) atoms. The van der Waals surface area contributed by atoms with Crippen LogP contribution < -0.4 is 9.47 Å². The van der Waals surface area contributed by atoms with E-state index in [1.165, 1.54) is 0 Å². The van der Waals surface area contributed by atoms with Crippen LogP contribution in [0.15, 0.2) is 60.7 Å². The molecule has 0 bridgehead atoms. The standard InChI is InChI=1S/C26H22O4/c1-3-29-25-19(15-27)13-17-9-5-7-11-21(17)23(25)24-22-12-8-6-10-18(22)14-20(16-28)26(24)30-4-2/h5-16H,3-4H2,1-2H3. The number of rotatable bonds is 7. The Kier molecular flexibility index (Phi) is 5.48. The number of aldehydes is 2. The summed E-state index contributed by atoms with van der Waals surface area (Å²) >= 11 is 0. The first kappa shape index (κ1) is 19.6. The van der Waals surface area contributed by atoms with E-state index in [1.54, 1.807) is 0 Å². The molecule has 0 atom stereocenters. The molecule has 150 valence electrons. The second-order valence-corrected chi connectivity index (χ2v) is 6.88. The van der Waals surface area contributed by atoms with Crippen molar-refractivity contribution < 1.29 is 19.1 Å². The van der Waals surface area contributed by atoms with Gasteiger partial charge in [-0.3, -0.25) is 9.59 Å². The molecule has 4 heteroatoms. The van der Waals surface area contributed by atoms with Crippen LogP contribution in [0, 0.1) is 0 Å². The van der Waals surface area contributed by atoms with Gasteiger partial charge in [-0.1, -0.05) is 48.5 Å². The van der Waals surface area contributed by atoms with E-state index in [1.807, 2.05) is 74.5 Å². The maximum absolute atomic E-state index is 12.0. The third-order valence-corrected chi connectivity index (χ3v) is 5.14. The molecule has 0 amide bonds. The maximum atomic E-state index is 12.0. The summed E-state index contributed by atoms with van der Waals surface area (Å²) in [6.07, 6.45) is 1.63. The predicted molar refractivity (Wildman–Crippen MR) is 120 cm³/mol. The molecule has 4 aromatic carbocycles. The van der Waals surface area contributed by atoms with E-state index >= 15 is 0 Å². The Morgan fingerprint density at radius 2 is 1.07 bits per heavy atom. The van der Waals surface area contributed by atoms with Crippen molar-refractivity contribution in [2.24, 2.45) is 0 Å². The van der Waals surface area contributed by atoms with E-state index in [9.17, 15) is 9.59 Å². The van der Waals surface area contributed by atoms with Crippen molar-refractivity contribution in [3.63, 3.8) is 0 Å². The average Bonchev–Trinajstić information content (AvgIpc) is 2.79. The summed E-state index contributed by atoms with van der Waals surface area (Å²) in [6, 6.07) is 19.4. The Bertz CT molecular complexity index is 1160. The minimum atomic E-state index is 0.404. The Morgan fingerprint density at radius 3 is 1.43 bits per heavy atom. The van der Waals surface area contributed by atoms with Gasteiger partial charge in [-0.15, -0.1) is 0 Å². The number of hydrogen-bond acceptors (Lipinski definition) is 4. The molecular formula is C26H22O4. The molecule has 0 N–H and O–H groups in total. The monoisotopic (exact) mass is 398 g/mol. The maximum Gasteiger partial charge on any atom is 0.153 e. The van der Waals surface area contributed by atoms with Gasteiger partial charge in [0.1, 0.15) is 11.5 Å². The number of fused-ring (bicyclic) bond motifs is 2. The minimum absolute atomic E-state index is 0.404. The molecule has 0 aromatic heterocycles. The molecule has 0 radical (unpaired) electrons. The van der Waals surface area contributed by atoms with Crippen molar-refractivity contribution in [2.75, 3.05) is 13.2 Å². The highest BCUT2D eigenvalue weighted by molar-refractivity contribution is 6.14. The van der Waals surface area contributed by atoms with Crippen LogP contribution in [0.1, 0.15) is 34.6 Å². The molecule has 4 aromatic rings. The molecule has 0 aliphatic heterocycles. The van der Waals surface area contributed by atoms with Gasteiger partial charge >= 0.3 is 0 Å². The van der Waals surface area contributed by atoms with Gasteiger partial charge in [0, 0.05) is 11.1 Å². The number of carbonyl (C=O) groups is 2. The smallest absolute Gasteiger partial charge is 0.153 e. The lowest BCUT2D eigenvalue weighted by molar-refractivity contribution is 0.111. The summed E-state index contributed by atoms with van der Waals surface area (Å²) in [6.45, 7) is 4.58. The quantitative estimate of drug-likeness (QED) is 0.354. The Labute approximate surface area is 175 Å². The molecule has 0 fully saturated rings. The fourth-order valence-corrected chi connectivity index (χ4v) is 3.97. The van der Waals surface area contributed by atoms with Crippen LogP contribution in [0.2, 0.25) is 0 Å². The van der Waals surface area contributed by atoms with Crippen LogP contribution in [-0.2, 0) is 0 Å². The van der Waals surface area contributed by atoms with Crippen molar-refractivity contribution in [1.29, 1.82) is 0 Å². The van der Waals surface area contributed by atoms with Crippen LogP contribution >= 0.6 is 0 Å². The van der Waals surface area contributed by atoms with Gasteiger partial charge in [0.15, 0.2) is 12.6 Å². The van der Waals surface area contributed by atoms with Gasteiger partial charge in [0.05, 0.1) is 24.3 Å². The molecular weight excluding hydrogens is 376 g/mol. The normalized spacial score (nSPS) is 10.9. The Hall–Kier alpha value is -3.66. The molecule has 0 unspecified atom stereocenters. The zero-order valence-electron chi connectivity index (χ0n) is 17.0. The third-order valence-electron chi connectivity index (χ3n) is 5.14. The van der Waals surface area contributed by atoms with Gasteiger partial charge in [-0.25, -0.2) is 0 Å². The van der Waals surface area contributed by atoms with Gasteiger partial charge in [-0.2, -0.15) is 0 Å². The zero-order valence-corrected chi connectivity index (χ0v) is 17.0. The number of ether oxygens (including phenoxy) is 2. The summed E-state index contributed by atoms with van der Waals surface area (Å²) in [5.41, 5.74) is 2.46. The van der Waals surface area contributed by atoms with Crippen LogP contribution in [0.3, 0.4) is 0 Å². The van der Waals surface area contributed by atoms with Gasteiger partial charge < -0.3 is 9.47 Å². The second kappa shape index (κ2) is 8.37. The molecule has 0 heterocycles. The molecule has 0 aliphatic carbocycles. The van der Waals surface area contributed by atoms with Crippen molar-refractivity contribution >= 4 is 34.1 Å². The lowest BCUT2D eigenvalue weighted by Gasteiger charge is -2.21. The SMILES string of the molecule is CCOc1c(C=O)cc2ccccc2c1-c1c(OCC)c(C=O)cc2ccccc12. The minimum Gasteiger partial charge on any atom is -0.492 e. The Morgan fingerprint density at radius 1 is 0.667 bits per heavy atom. The van der Waals surface area contributed by atoms with Crippen molar-refractivity contribution in [2.45, 2.75) is 13.8 Å². The molecule has 4 nitrogen and oxygen atoms in total. The summed E-state index contributed by atoms with van der Waals surface area (Å²) in [4.78, 5) is 23.9. The second-order valence-electron chi connectivity index (χ2n) is 6.88. The lowest BCUT2D eigenvalue weighted by Crippen LogP contribution is -2.04. The molecule has 4 rings (SSSR count). The summed E-state index contributed by atoms with van der Waals surface area (Å²) in [7, 11) is 0. The summed E-state index contributed by atoms with van der Waals surface area (Å²) < 4.78 is 12.0.